The Bertz CT molecular complexity index is 1140. The maximum atomic E-state index is 13.3. The third-order valence-electron chi connectivity index (χ3n) is 4.65. The predicted octanol–water partition coefficient (Wildman–Crippen LogP) is 4.15. The van der Waals surface area contributed by atoms with Crippen LogP contribution in [0.25, 0.3) is 5.95 Å². The van der Waals surface area contributed by atoms with Gasteiger partial charge in [-0.05, 0) is 45.0 Å². The molecule has 0 aliphatic carbocycles. The van der Waals surface area contributed by atoms with Gasteiger partial charge in [0.25, 0.3) is 10.0 Å². The molecule has 3 heterocycles. The monoisotopic (exact) mass is 434 g/mol. The van der Waals surface area contributed by atoms with Crippen molar-refractivity contribution in [2.24, 2.45) is 0 Å². The Labute approximate surface area is 173 Å². The van der Waals surface area contributed by atoms with Crippen molar-refractivity contribution in [1.82, 2.24) is 14.5 Å². The predicted molar refractivity (Wildman–Crippen MR) is 112 cm³/mol. The first-order chi connectivity index (χ1) is 13.3. The van der Waals surface area contributed by atoms with Crippen LogP contribution in [0, 0.1) is 20.8 Å². The normalized spacial score (nSPS) is 14.2. The van der Waals surface area contributed by atoms with Crippen LogP contribution in [0.5, 0.6) is 0 Å². The van der Waals surface area contributed by atoms with E-state index in [1.807, 2.05) is 37.5 Å². The van der Waals surface area contributed by atoms with Crippen LogP contribution >= 0.6 is 23.4 Å². The van der Waals surface area contributed by atoms with Crippen LogP contribution in [-0.2, 0) is 10.0 Å². The van der Waals surface area contributed by atoms with E-state index in [0.29, 0.717) is 29.0 Å². The van der Waals surface area contributed by atoms with E-state index in [9.17, 15) is 8.42 Å². The molecule has 9 heteroatoms. The summed E-state index contributed by atoms with van der Waals surface area (Å²) in [5.74, 6) is 1.29. The van der Waals surface area contributed by atoms with Gasteiger partial charge in [0.1, 0.15) is 5.15 Å². The molecule has 3 aromatic rings. The minimum absolute atomic E-state index is 0.237. The van der Waals surface area contributed by atoms with Crippen molar-refractivity contribution >= 4 is 39.2 Å². The van der Waals surface area contributed by atoms with Gasteiger partial charge in [0.05, 0.1) is 9.79 Å². The molecule has 0 N–H and O–H groups in total. The molecule has 2 aromatic heterocycles. The molecule has 0 fully saturated rings. The maximum Gasteiger partial charge on any atom is 0.265 e. The summed E-state index contributed by atoms with van der Waals surface area (Å²) in [7, 11) is -3.75. The largest absolute Gasteiger partial charge is 0.287 e. The molecule has 0 amide bonds. The molecule has 6 nitrogen and oxygen atoms in total. The third kappa shape index (κ3) is 3.19. The fourth-order valence-corrected chi connectivity index (χ4v) is 6.04. The van der Waals surface area contributed by atoms with Gasteiger partial charge in [-0.2, -0.15) is 9.97 Å². The first-order valence-electron chi connectivity index (χ1n) is 8.74. The Kier molecular flexibility index (Phi) is 4.89. The molecular formula is C19H19ClN4O2S2. The van der Waals surface area contributed by atoms with Crippen LogP contribution in [0.3, 0.4) is 0 Å². The summed E-state index contributed by atoms with van der Waals surface area (Å²) in [5, 5.41) is 0.265. The van der Waals surface area contributed by atoms with E-state index in [1.165, 1.54) is 16.1 Å². The molecule has 0 unspecified atom stereocenters. The highest BCUT2D eigenvalue weighted by Gasteiger charge is 2.33. The van der Waals surface area contributed by atoms with E-state index in [0.717, 1.165) is 17.0 Å². The number of hydrogen-bond donors (Lipinski definition) is 0. The average molecular weight is 435 g/mol. The van der Waals surface area contributed by atoms with E-state index in [4.69, 9.17) is 11.6 Å². The molecule has 0 bridgehead atoms. The van der Waals surface area contributed by atoms with Crippen LogP contribution in [0.2, 0.25) is 5.15 Å². The molecule has 28 heavy (non-hydrogen) atoms. The number of nitrogens with zero attached hydrogens (tertiary/aromatic N) is 4. The summed E-state index contributed by atoms with van der Waals surface area (Å²) in [4.78, 5) is 9.88. The first-order valence-corrected chi connectivity index (χ1v) is 11.5. The molecule has 0 spiro atoms. The summed E-state index contributed by atoms with van der Waals surface area (Å²) in [6.45, 7) is 6.13. The van der Waals surface area contributed by atoms with Crippen molar-refractivity contribution in [3.05, 3.63) is 58.5 Å². The molecule has 1 aromatic carbocycles. The number of anilines is 1. The molecule has 0 atom stereocenters. The van der Waals surface area contributed by atoms with Crippen LogP contribution in [-0.4, -0.2) is 35.3 Å². The number of aryl methyl sites for hydroxylation is 3. The van der Waals surface area contributed by atoms with Gasteiger partial charge in [-0.3, -0.25) is 4.57 Å². The third-order valence-corrected chi connectivity index (χ3v) is 7.89. The second kappa shape index (κ2) is 7.09. The summed E-state index contributed by atoms with van der Waals surface area (Å²) in [5.41, 5.74) is 2.90. The number of hydrogen-bond acceptors (Lipinski definition) is 5. The van der Waals surface area contributed by atoms with Crippen molar-refractivity contribution in [2.45, 2.75) is 30.6 Å². The summed E-state index contributed by atoms with van der Waals surface area (Å²) >= 11 is 7.92. The zero-order valence-corrected chi connectivity index (χ0v) is 18.1. The number of fused-ring (bicyclic) bond motifs is 1. The van der Waals surface area contributed by atoms with Crippen molar-refractivity contribution in [2.75, 3.05) is 16.6 Å². The topological polar surface area (TPSA) is 68.1 Å². The van der Waals surface area contributed by atoms with Crippen LogP contribution < -0.4 is 4.31 Å². The van der Waals surface area contributed by atoms with Gasteiger partial charge >= 0.3 is 0 Å². The van der Waals surface area contributed by atoms with Crippen molar-refractivity contribution < 1.29 is 8.42 Å². The highest BCUT2D eigenvalue weighted by Crippen LogP contribution is 2.40. The maximum absolute atomic E-state index is 13.3. The van der Waals surface area contributed by atoms with Gasteiger partial charge in [0.2, 0.25) is 5.95 Å². The van der Waals surface area contributed by atoms with Gasteiger partial charge < -0.3 is 0 Å². The van der Waals surface area contributed by atoms with Gasteiger partial charge in [-0.15, -0.1) is 11.8 Å². The van der Waals surface area contributed by atoms with E-state index in [-0.39, 0.29) is 10.0 Å². The number of rotatable bonds is 3. The Morgan fingerprint density at radius 2 is 1.64 bits per heavy atom. The molecule has 146 valence electrons. The van der Waals surface area contributed by atoms with Crippen LogP contribution in [0.4, 0.5) is 5.82 Å². The summed E-state index contributed by atoms with van der Waals surface area (Å²) < 4.78 is 29.8. The minimum atomic E-state index is -3.75. The minimum Gasteiger partial charge on any atom is -0.287 e. The zero-order chi connectivity index (χ0) is 20.1. The Morgan fingerprint density at radius 1 is 1.00 bits per heavy atom. The summed E-state index contributed by atoms with van der Waals surface area (Å²) in [6, 6.07) is 10.7. The SMILES string of the molecule is Cc1ccc(S(=O)(=O)N2CCSc3c(Cl)nc(-n4c(C)ccc4C)nc32)cc1. The van der Waals surface area contributed by atoms with Crippen molar-refractivity contribution in [3.63, 3.8) is 0 Å². The molecule has 0 radical (unpaired) electrons. The Balaban J connectivity index is 1.88. The Hall–Kier alpha value is -2.03. The highest BCUT2D eigenvalue weighted by molar-refractivity contribution is 8.00. The standard InChI is InChI=1S/C19H19ClN4O2S2/c1-12-4-8-15(9-5-12)28(25,26)23-10-11-27-16-17(20)21-19(22-18(16)23)24-13(2)6-7-14(24)3/h4-9H,10-11H2,1-3H3. The van der Waals surface area contributed by atoms with Gasteiger partial charge in [-0.25, -0.2) is 12.7 Å². The van der Waals surface area contributed by atoms with E-state index in [1.54, 1.807) is 24.3 Å². The molecule has 0 saturated carbocycles. The number of benzene rings is 1. The number of thioether (sulfide) groups is 1. The lowest BCUT2D eigenvalue weighted by Crippen LogP contribution is -2.36. The molecular weight excluding hydrogens is 416 g/mol. The lowest BCUT2D eigenvalue weighted by molar-refractivity contribution is 0.590. The average Bonchev–Trinajstić information content (AvgIpc) is 3.00. The van der Waals surface area contributed by atoms with Gasteiger partial charge in [0.15, 0.2) is 5.82 Å². The lowest BCUT2D eigenvalue weighted by atomic mass is 10.2. The highest BCUT2D eigenvalue weighted by atomic mass is 35.5. The molecule has 1 aliphatic rings. The number of halogens is 1. The number of sulfonamides is 1. The fraction of sp³-hybridized carbons (Fsp3) is 0.263. The van der Waals surface area contributed by atoms with E-state index in [2.05, 4.69) is 9.97 Å². The van der Waals surface area contributed by atoms with E-state index >= 15 is 0 Å². The quantitative estimate of drug-likeness (QED) is 0.579. The van der Waals surface area contributed by atoms with Gasteiger partial charge in [-0.1, -0.05) is 29.3 Å². The molecule has 1 aliphatic heterocycles. The van der Waals surface area contributed by atoms with Crippen LogP contribution in [0.15, 0.2) is 46.2 Å². The van der Waals surface area contributed by atoms with Gasteiger partial charge in [0, 0.05) is 23.7 Å². The Morgan fingerprint density at radius 3 is 2.29 bits per heavy atom. The molecule has 4 rings (SSSR count). The zero-order valence-electron chi connectivity index (χ0n) is 15.7. The second-order valence-corrected chi connectivity index (χ2v) is 9.98. The van der Waals surface area contributed by atoms with Crippen LogP contribution in [0.1, 0.15) is 17.0 Å². The van der Waals surface area contributed by atoms with Crippen molar-refractivity contribution in [3.8, 4) is 5.95 Å². The smallest absolute Gasteiger partial charge is 0.265 e. The molecule has 0 saturated heterocycles. The number of aromatic nitrogens is 3. The van der Waals surface area contributed by atoms with E-state index < -0.39 is 10.0 Å². The van der Waals surface area contributed by atoms with Crippen molar-refractivity contribution in [1.29, 1.82) is 0 Å². The second-order valence-electron chi connectivity index (χ2n) is 6.66. The lowest BCUT2D eigenvalue weighted by Gasteiger charge is -2.29. The first kappa shape index (κ1) is 19.3. The summed E-state index contributed by atoms with van der Waals surface area (Å²) in [6.07, 6.45) is 0. The fourth-order valence-electron chi connectivity index (χ4n) is 3.19.